The third-order valence-corrected chi connectivity index (χ3v) is 3.81. The SMILES string of the molecule is C=CCc1ccc(C(=O)OO)c(C(=O)OO)c1C(C)(C)CC. The first-order chi connectivity index (χ1) is 10.3. The maximum atomic E-state index is 12.0. The Labute approximate surface area is 128 Å². The Bertz CT molecular complexity index is 589. The molecule has 0 aliphatic rings. The first-order valence-electron chi connectivity index (χ1n) is 6.82. The second-order valence-corrected chi connectivity index (χ2v) is 5.51. The van der Waals surface area contributed by atoms with Crippen molar-refractivity contribution in [1.82, 2.24) is 0 Å². The van der Waals surface area contributed by atoms with Crippen LogP contribution in [0.3, 0.4) is 0 Å². The molecule has 1 rings (SSSR count). The topological polar surface area (TPSA) is 93.1 Å². The van der Waals surface area contributed by atoms with Crippen molar-refractivity contribution in [3.63, 3.8) is 0 Å². The lowest BCUT2D eigenvalue weighted by atomic mass is 9.75. The third kappa shape index (κ3) is 3.35. The summed E-state index contributed by atoms with van der Waals surface area (Å²) in [5.41, 5.74) is 0.556. The molecule has 2 N–H and O–H groups in total. The molecule has 0 bridgehead atoms. The lowest BCUT2D eigenvalue weighted by molar-refractivity contribution is -0.185. The van der Waals surface area contributed by atoms with Crippen molar-refractivity contribution in [1.29, 1.82) is 0 Å². The Morgan fingerprint density at radius 1 is 1.23 bits per heavy atom. The fourth-order valence-electron chi connectivity index (χ4n) is 2.40. The van der Waals surface area contributed by atoms with Crippen molar-refractivity contribution < 1.29 is 29.9 Å². The van der Waals surface area contributed by atoms with E-state index in [4.69, 9.17) is 10.5 Å². The van der Waals surface area contributed by atoms with Crippen LogP contribution in [-0.2, 0) is 21.6 Å². The molecule has 0 aliphatic carbocycles. The number of allylic oxidation sites excluding steroid dienone is 1. The molecule has 6 heteroatoms. The second-order valence-electron chi connectivity index (χ2n) is 5.51. The Kier molecular flexibility index (Phi) is 5.84. The number of hydrogen-bond donors (Lipinski definition) is 2. The van der Waals surface area contributed by atoms with E-state index in [2.05, 4.69) is 16.4 Å². The van der Waals surface area contributed by atoms with E-state index in [1.54, 1.807) is 12.1 Å². The van der Waals surface area contributed by atoms with Crippen molar-refractivity contribution >= 4 is 11.9 Å². The molecule has 1 aromatic carbocycles. The van der Waals surface area contributed by atoms with Gasteiger partial charge in [-0.25, -0.2) is 9.59 Å². The molecule has 0 saturated heterocycles. The summed E-state index contributed by atoms with van der Waals surface area (Å²) >= 11 is 0. The van der Waals surface area contributed by atoms with Gasteiger partial charge in [-0.05, 0) is 35.4 Å². The van der Waals surface area contributed by atoms with E-state index < -0.39 is 17.4 Å². The van der Waals surface area contributed by atoms with Gasteiger partial charge in [-0.2, -0.15) is 10.5 Å². The molecule has 0 aliphatic heterocycles. The summed E-state index contributed by atoms with van der Waals surface area (Å²) in [5.74, 6) is -2.18. The monoisotopic (exact) mass is 308 g/mol. The minimum absolute atomic E-state index is 0.118. The van der Waals surface area contributed by atoms with E-state index in [1.807, 2.05) is 20.8 Å². The number of carbonyl (C=O) groups is 2. The van der Waals surface area contributed by atoms with Crippen LogP contribution in [0.1, 0.15) is 59.0 Å². The molecule has 120 valence electrons. The van der Waals surface area contributed by atoms with Crippen molar-refractivity contribution in [2.24, 2.45) is 0 Å². The fourth-order valence-corrected chi connectivity index (χ4v) is 2.40. The highest BCUT2D eigenvalue weighted by atomic mass is 17.1. The van der Waals surface area contributed by atoms with E-state index in [0.717, 1.165) is 5.56 Å². The molecule has 0 fully saturated rings. The van der Waals surface area contributed by atoms with Crippen molar-refractivity contribution in [3.05, 3.63) is 47.0 Å². The van der Waals surface area contributed by atoms with E-state index in [9.17, 15) is 9.59 Å². The fraction of sp³-hybridized carbons (Fsp3) is 0.375. The summed E-state index contributed by atoms with van der Waals surface area (Å²) in [5, 5.41) is 17.4. The zero-order valence-corrected chi connectivity index (χ0v) is 12.9. The molecule has 0 unspecified atom stereocenters. The molecular weight excluding hydrogens is 288 g/mol. The zero-order valence-electron chi connectivity index (χ0n) is 12.9. The van der Waals surface area contributed by atoms with Crippen LogP contribution in [0.4, 0.5) is 0 Å². The van der Waals surface area contributed by atoms with Crippen LogP contribution in [0, 0.1) is 0 Å². The Morgan fingerprint density at radius 3 is 2.27 bits per heavy atom. The zero-order chi connectivity index (χ0) is 16.9. The molecule has 6 nitrogen and oxygen atoms in total. The van der Waals surface area contributed by atoms with Crippen LogP contribution in [0.5, 0.6) is 0 Å². The summed E-state index contributed by atoms with van der Waals surface area (Å²) < 4.78 is 0. The van der Waals surface area contributed by atoms with Crippen molar-refractivity contribution in [2.75, 3.05) is 0 Å². The second kappa shape index (κ2) is 7.20. The molecule has 0 aromatic heterocycles. The van der Waals surface area contributed by atoms with Crippen LogP contribution >= 0.6 is 0 Å². The first-order valence-corrected chi connectivity index (χ1v) is 6.82. The van der Waals surface area contributed by atoms with E-state index in [0.29, 0.717) is 18.4 Å². The van der Waals surface area contributed by atoms with Crippen LogP contribution in [0.15, 0.2) is 24.8 Å². The minimum atomic E-state index is -1.10. The molecule has 0 radical (unpaired) electrons. The standard InChI is InChI=1S/C16H20O6/c1-5-7-10-8-9-11(14(17)21-19)12(15(18)22-20)13(10)16(3,4)6-2/h5,8-9,19-20H,1,6-7H2,2-4H3. The molecule has 0 heterocycles. The predicted molar refractivity (Wildman–Crippen MR) is 79.7 cm³/mol. The van der Waals surface area contributed by atoms with E-state index in [-0.39, 0.29) is 11.1 Å². The van der Waals surface area contributed by atoms with Gasteiger partial charge in [-0.3, -0.25) is 9.78 Å². The number of hydrogen-bond acceptors (Lipinski definition) is 6. The highest BCUT2D eigenvalue weighted by Crippen LogP contribution is 2.35. The van der Waals surface area contributed by atoms with Crippen molar-refractivity contribution in [2.45, 2.75) is 39.0 Å². The first kappa shape index (κ1) is 17.9. The van der Waals surface area contributed by atoms with Gasteiger partial charge in [0.1, 0.15) is 0 Å². The molecule has 0 saturated carbocycles. The van der Waals surface area contributed by atoms with Crippen LogP contribution in [0.25, 0.3) is 0 Å². The van der Waals surface area contributed by atoms with Gasteiger partial charge < -0.3 is 0 Å². The Hall–Kier alpha value is -2.18. The Balaban J connectivity index is 3.81. The van der Waals surface area contributed by atoms with E-state index >= 15 is 0 Å². The smallest absolute Gasteiger partial charge is 0.295 e. The van der Waals surface area contributed by atoms with Gasteiger partial charge >= 0.3 is 11.9 Å². The van der Waals surface area contributed by atoms with Gasteiger partial charge in [-0.15, -0.1) is 6.58 Å². The largest absolute Gasteiger partial charge is 0.373 e. The molecule has 1 aromatic rings. The van der Waals surface area contributed by atoms with Crippen molar-refractivity contribution in [3.8, 4) is 0 Å². The molecular formula is C16H20O6. The van der Waals surface area contributed by atoms with Gasteiger partial charge in [0, 0.05) is 0 Å². The van der Waals surface area contributed by atoms with Gasteiger partial charge in [0.2, 0.25) is 0 Å². The van der Waals surface area contributed by atoms with Gasteiger partial charge in [0.05, 0.1) is 11.1 Å². The average molecular weight is 308 g/mol. The quantitative estimate of drug-likeness (QED) is 0.475. The van der Waals surface area contributed by atoms with Gasteiger partial charge in [-0.1, -0.05) is 32.9 Å². The summed E-state index contributed by atoms with van der Waals surface area (Å²) in [6.07, 6.45) is 2.81. The predicted octanol–water partition coefficient (Wildman–Crippen LogP) is 3.36. The number of rotatable bonds is 6. The summed E-state index contributed by atoms with van der Waals surface area (Å²) in [6.45, 7) is 9.41. The summed E-state index contributed by atoms with van der Waals surface area (Å²) in [4.78, 5) is 31.3. The average Bonchev–Trinajstić information content (AvgIpc) is 2.52. The minimum Gasteiger partial charge on any atom is -0.295 e. The maximum absolute atomic E-state index is 12.0. The Morgan fingerprint density at radius 2 is 1.82 bits per heavy atom. The molecule has 22 heavy (non-hydrogen) atoms. The lowest BCUT2D eigenvalue weighted by Crippen LogP contribution is -2.26. The normalized spacial score (nSPS) is 11.0. The summed E-state index contributed by atoms with van der Waals surface area (Å²) in [6, 6.07) is 3.01. The highest BCUT2D eigenvalue weighted by Gasteiger charge is 2.33. The molecule has 0 atom stereocenters. The number of benzene rings is 1. The van der Waals surface area contributed by atoms with Crippen LogP contribution < -0.4 is 0 Å². The van der Waals surface area contributed by atoms with Gasteiger partial charge in [0.25, 0.3) is 0 Å². The number of carbonyl (C=O) groups excluding carboxylic acids is 2. The van der Waals surface area contributed by atoms with Crippen LogP contribution in [-0.4, -0.2) is 22.5 Å². The van der Waals surface area contributed by atoms with Gasteiger partial charge in [0.15, 0.2) is 0 Å². The third-order valence-electron chi connectivity index (χ3n) is 3.81. The van der Waals surface area contributed by atoms with E-state index in [1.165, 1.54) is 6.07 Å². The lowest BCUT2D eigenvalue weighted by Gasteiger charge is -2.29. The highest BCUT2D eigenvalue weighted by molar-refractivity contribution is 6.04. The molecule has 0 spiro atoms. The molecule has 0 amide bonds. The van der Waals surface area contributed by atoms with Crippen LogP contribution in [0.2, 0.25) is 0 Å². The summed E-state index contributed by atoms with van der Waals surface area (Å²) in [7, 11) is 0. The maximum Gasteiger partial charge on any atom is 0.373 e.